The second-order valence-electron chi connectivity index (χ2n) is 7.42. The summed E-state index contributed by atoms with van der Waals surface area (Å²) in [5.74, 6) is 2.20. The number of fused-ring (bicyclic) bond motifs is 2. The van der Waals surface area contributed by atoms with Crippen molar-refractivity contribution in [3.8, 4) is 17.2 Å². The van der Waals surface area contributed by atoms with E-state index < -0.39 is 0 Å². The summed E-state index contributed by atoms with van der Waals surface area (Å²) in [6.45, 7) is 2.91. The zero-order valence-electron chi connectivity index (χ0n) is 16.6. The van der Waals surface area contributed by atoms with Crippen LogP contribution in [0.25, 0.3) is 6.08 Å². The first-order valence-electron chi connectivity index (χ1n) is 9.85. The van der Waals surface area contributed by atoms with Crippen LogP contribution in [0.3, 0.4) is 0 Å². The van der Waals surface area contributed by atoms with E-state index in [-0.39, 0.29) is 5.78 Å². The summed E-state index contributed by atoms with van der Waals surface area (Å²) in [7, 11) is 0. The smallest absolute Gasteiger partial charge is 0.231 e. The number of carbonyl (C=O) groups excluding carboxylic acids is 1. The summed E-state index contributed by atoms with van der Waals surface area (Å²) in [5, 5.41) is 0. The number of benzene rings is 3. The third-order valence-corrected chi connectivity index (χ3v) is 5.14. The van der Waals surface area contributed by atoms with E-state index >= 15 is 0 Å². The summed E-state index contributed by atoms with van der Waals surface area (Å²) in [4.78, 5) is 12.7. The fraction of sp³-hybridized carbons (Fsp3) is 0.115. The zero-order chi connectivity index (χ0) is 20.5. The molecule has 3 aromatic carbocycles. The quantitative estimate of drug-likeness (QED) is 0.546. The number of hydrogen-bond donors (Lipinski definition) is 0. The van der Waals surface area contributed by atoms with Crippen molar-refractivity contribution in [2.24, 2.45) is 0 Å². The Balaban J connectivity index is 1.33. The Hall–Kier alpha value is -3.79. The predicted molar refractivity (Wildman–Crippen MR) is 115 cm³/mol. The molecule has 4 heteroatoms. The van der Waals surface area contributed by atoms with Crippen LogP contribution >= 0.6 is 0 Å². The van der Waals surface area contributed by atoms with Crippen LogP contribution in [0.4, 0.5) is 0 Å². The maximum Gasteiger partial charge on any atom is 0.231 e. The molecule has 0 bridgehead atoms. The van der Waals surface area contributed by atoms with Gasteiger partial charge in [-0.2, -0.15) is 0 Å². The monoisotopic (exact) mass is 396 g/mol. The minimum atomic E-state index is -0.130. The van der Waals surface area contributed by atoms with Gasteiger partial charge in [0.15, 0.2) is 5.76 Å². The highest BCUT2D eigenvalue weighted by molar-refractivity contribution is 6.12. The van der Waals surface area contributed by atoms with Gasteiger partial charge in [-0.15, -0.1) is 0 Å². The van der Waals surface area contributed by atoms with Gasteiger partial charge in [-0.25, -0.2) is 0 Å². The van der Waals surface area contributed by atoms with Crippen LogP contribution < -0.4 is 14.2 Å². The summed E-state index contributed by atoms with van der Waals surface area (Å²) in [6.07, 6.45) is 3.77. The lowest BCUT2D eigenvalue weighted by atomic mass is 10.1. The summed E-state index contributed by atoms with van der Waals surface area (Å²) in [6, 6.07) is 21.3. The van der Waals surface area contributed by atoms with Crippen molar-refractivity contribution >= 4 is 11.9 Å². The molecular formula is C26H20O4. The molecule has 148 valence electrons. The van der Waals surface area contributed by atoms with E-state index in [1.54, 1.807) is 24.3 Å². The number of rotatable bonds is 4. The van der Waals surface area contributed by atoms with E-state index in [1.807, 2.05) is 42.5 Å². The van der Waals surface area contributed by atoms with E-state index in [0.29, 0.717) is 36.0 Å². The molecule has 0 N–H and O–H groups in total. The first-order chi connectivity index (χ1) is 14.7. The van der Waals surface area contributed by atoms with Crippen molar-refractivity contribution in [3.05, 3.63) is 106 Å². The topological polar surface area (TPSA) is 44.8 Å². The van der Waals surface area contributed by atoms with Gasteiger partial charge in [-0.1, -0.05) is 48.0 Å². The Labute approximate surface area is 175 Å². The fourth-order valence-electron chi connectivity index (χ4n) is 3.49. The fourth-order valence-corrected chi connectivity index (χ4v) is 3.49. The molecule has 0 atom stereocenters. The van der Waals surface area contributed by atoms with Crippen LogP contribution in [0.1, 0.15) is 27.0 Å². The second kappa shape index (κ2) is 7.56. The molecule has 0 spiro atoms. The van der Waals surface area contributed by atoms with Gasteiger partial charge in [0.05, 0.1) is 5.56 Å². The lowest BCUT2D eigenvalue weighted by Gasteiger charge is -2.15. The molecule has 0 amide bonds. The highest BCUT2D eigenvalue weighted by atomic mass is 16.5. The third kappa shape index (κ3) is 3.60. The van der Waals surface area contributed by atoms with Crippen molar-refractivity contribution in [1.82, 2.24) is 0 Å². The molecular weight excluding hydrogens is 376 g/mol. The van der Waals surface area contributed by atoms with Crippen molar-refractivity contribution in [2.75, 3.05) is 6.61 Å². The van der Waals surface area contributed by atoms with Gasteiger partial charge in [-0.05, 0) is 48.4 Å². The Bertz CT molecular complexity index is 1190. The van der Waals surface area contributed by atoms with Crippen LogP contribution in [0.5, 0.6) is 17.2 Å². The number of carbonyl (C=O) groups is 1. The molecule has 2 aliphatic heterocycles. The molecule has 4 nitrogen and oxygen atoms in total. The first-order valence-corrected chi connectivity index (χ1v) is 9.85. The van der Waals surface area contributed by atoms with Crippen LogP contribution in [0.15, 0.2) is 84.1 Å². The molecule has 0 unspecified atom stereocenters. The molecule has 0 radical (unpaired) electrons. The number of ether oxygens (including phenoxy) is 3. The van der Waals surface area contributed by atoms with Crippen molar-refractivity contribution in [2.45, 2.75) is 13.5 Å². The van der Waals surface area contributed by atoms with Crippen LogP contribution in [0.2, 0.25) is 0 Å². The number of allylic oxidation sites excluding steroid dienone is 1. The predicted octanol–water partition coefficient (Wildman–Crippen LogP) is 5.51. The Morgan fingerprint density at radius 1 is 1.00 bits per heavy atom. The van der Waals surface area contributed by atoms with E-state index in [1.165, 1.54) is 5.56 Å². The normalized spacial score (nSPS) is 15.7. The third-order valence-electron chi connectivity index (χ3n) is 5.14. The molecule has 0 saturated carbocycles. The summed E-state index contributed by atoms with van der Waals surface area (Å²) >= 11 is 0. The van der Waals surface area contributed by atoms with Crippen molar-refractivity contribution in [3.63, 3.8) is 0 Å². The van der Waals surface area contributed by atoms with Crippen LogP contribution in [0, 0.1) is 6.92 Å². The average molecular weight is 396 g/mol. The lowest BCUT2D eigenvalue weighted by Crippen LogP contribution is -2.08. The SMILES string of the molecule is Cc1ccc(COc2ccc3c(c2)OC(=CC2=Cc4ccccc4OC2)C3=O)cc1. The molecule has 0 aliphatic carbocycles. The standard InChI is InChI=1S/C26H20O4/c1-17-6-8-18(9-7-17)15-28-21-10-11-22-24(14-21)30-25(26(22)27)13-19-12-20-4-2-3-5-23(20)29-16-19/h2-14H,15-16H2,1H3. The number of ketones is 1. The molecule has 2 heterocycles. The summed E-state index contributed by atoms with van der Waals surface area (Å²) < 4.78 is 17.5. The summed E-state index contributed by atoms with van der Waals surface area (Å²) in [5.41, 5.74) is 4.72. The molecule has 2 aliphatic rings. The number of hydrogen-bond acceptors (Lipinski definition) is 4. The van der Waals surface area contributed by atoms with E-state index in [4.69, 9.17) is 14.2 Å². The van der Waals surface area contributed by atoms with E-state index in [2.05, 4.69) is 19.1 Å². The van der Waals surface area contributed by atoms with Crippen LogP contribution in [-0.2, 0) is 6.61 Å². The van der Waals surface area contributed by atoms with Gasteiger partial charge in [-0.3, -0.25) is 4.79 Å². The molecule has 0 fully saturated rings. The minimum Gasteiger partial charge on any atom is -0.489 e. The van der Waals surface area contributed by atoms with E-state index in [9.17, 15) is 4.79 Å². The van der Waals surface area contributed by atoms with Gasteiger partial charge >= 0.3 is 0 Å². The van der Waals surface area contributed by atoms with Gasteiger partial charge in [0, 0.05) is 11.6 Å². The largest absolute Gasteiger partial charge is 0.489 e. The van der Waals surface area contributed by atoms with Crippen molar-refractivity contribution < 1.29 is 19.0 Å². The highest BCUT2D eigenvalue weighted by Crippen LogP contribution is 2.35. The lowest BCUT2D eigenvalue weighted by molar-refractivity contribution is 0.101. The molecule has 0 saturated heterocycles. The minimum absolute atomic E-state index is 0.130. The van der Waals surface area contributed by atoms with Gasteiger partial charge in [0.2, 0.25) is 5.78 Å². The number of aryl methyl sites for hydroxylation is 1. The Morgan fingerprint density at radius 3 is 2.70 bits per heavy atom. The Morgan fingerprint density at radius 2 is 1.83 bits per heavy atom. The molecule has 5 rings (SSSR count). The molecule has 0 aromatic heterocycles. The maximum atomic E-state index is 12.7. The van der Waals surface area contributed by atoms with E-state index in [0.717, 1.165) is 22.4 Å². The maximum absolute atomic E-state index is 12.7. The number of para-hydroxylation sites is 1. The first kappa shape index (κ1) is 18.3. The Kier molecular flexibility index (Phi) is 4.60. The van der Waals surface area contributed by atoms with Gasteiger partial charge in [0.1, 0.15) is 30.5 Å². The second-order valence-corrected chi connectivity index (χ2v) is 7.42. The number of Topliss-reactive ketones (excluding diaryl/α,β-unsaturated/α-hetero) is 1. The zero-order valence-corrected chi connectivity index (χ0v) is 16.6. The highest BCUT2D eigenvalue weighted by Gasteiger charge is 2.28. The molecule has 30 heavy (non-hydrogen) atoms. The van der Waals surface area contributed by atoms with Crippen LogP contribution in [-0.4, -0.2) is 12.4 Å². The molecule has 3 aromatic rings. The average Bonchev–Trinajstić information content (AvgIpc) is 3.08. The van der Waals surface area contributed by atoms with Gasteiger partial charge < -0.3 is 14.2 Å². The van der Waals surface area contributed by atoms with Crippen molar-refractivity contribution in [1.29, 1.82) is 0 Å². The van der Waals surface area contributed by atoms with Gasteiger partial charge in [0.25, 0.3) is 0 Å².